The van der Waals surface area contributed by atoms with E-state index < -0.39 is 0 Å². The summed E-state index contributed by atoms with van der Waals surface area (Å²) < 4.78 is 10.9. The molecule has 0 bridgehead atoms. The number of carbonyl (C=O) groups excluding carboxylic acids is 1. The van der Waals surface area contributed by atoms with E-state index in [1.807, 2.05) is 84.9 Å². The minimum absolute atomic E-state index is 0.0593. The minimum Gasteiger partial charge on any atom is -0.454 e. The molecular formula is C23H18N2O3. The number of benzene rings is 3. The van der Waals surface area contributed by atoms with Crippen molar-refractivity contribution in [3.63, 3.8) is 0 Å². The number of amides is 1. The van der Waals surface area contributed by atoms with E-state index >= 15 is 0 Å². The van der Waals surface area contributed by atoms with E-state index in [2.05, 4.69) is 5.32 Å². The maximum Gasteiger partial charge on any atom is 0.262 e. The fourth-order valence-corrected chi connectivity index (χ4v) is 3.49. The molecular weight excluding hydrogens is 352 g/mol. The third-order valence-corrected chi connectivity index (χ3v) is 4.86. The number of rotatable bonds is 3. The Morgan fingerprint density at radius 1 is 0.929 bits per heavy atom. The number of carbonyl (C=O) groups is 1. The average molecular weight is 370 g/mol. The monoisotopic (exact) mass is 370 g/mol. The number of ether oxygens (including phenoxy) is 2. The van der Waals surface area contributed by atoms with E-state index in [4.69, 9.17) is 9.47 Å². The number of nitrogens with zero attached hydrogens (tertiary/aromatic N) is 1. The standard InChI is InChI=1S/C23H18N2O3/c26-23-18-8-4-5-9-19(18)24-22(13-10-16-6-2-1-3-7-16)25(23)17-11-12-20-21(14-17)28-15-27-20/h1-14,22,24H,15H2/b13-10+/t22-/m0/s1. The molecule has 0 aromatic heterocycles. The Morgan fingerprint density at radius 3 is 2.61 bits per heavy atom. The molecule has 28 heavy (non-hydrogen) atoms. The minimum atomic E-state index is -0.331. The van der Waals surface area contributed by atoms with Crippen molar-refractivity contribution in [2.24, 2.45) is 0 Å². The van der Waals surface area contributed by atoms with Gasteiger partial charge in [-0.1, -0.05) is 48.5 Å². The Balaban J connectivity index is 1.56. The Labute approximate surface area is 162 Å². The van der Waals surface area contributed by atoms with Gasteiger partial charge in [0.25, 0.3) is 5.91 Å². The number of anilines is 2. The van der Waals surface area contributed by atoms with E-state index in [-0.39, 0.29) is 18.9 Å². The van der Waals surface area contributed by atoms with Crippen LogP contribution in [0.1, 0.15) is 15.9 Å². The zero-order valence-electron chi connectivity index (χ0n) is 15.0. The van der Waals surface area contributed by atoms with Crippen molar-refractivity contribution in [1.82, 2.24) is 0 Å². The second kappa shape index (κ2) is 6.78. The summed E-state index contributed by atoms with van der Waals surface area (Å²) in [6.07, 6.45) is 3.68. The van der Waals surface area contributed by atoms with Crippen LogP contribution in [0.2, 0.25) is 0 Å². The fraction of sp³-hybridized carbons (Fsp3) is 0.0870. The van der Waals surface area contributed by atoms with E-state index in [9.17, 15) is 4.79 Å². The van der Waals surface area contributed by atoms with Crippen LogP contribution in [0.5, 0.6) is 11.5 Å². The topological polar surface area (TPSA) is 50.8 Å². The molecule has 0 saturated carbocycles. The van der Waals surface area contributed by atoms with E-state index in [0.29, 0.717) is 17.1 Å². The van der Waals surface area contributed by atoms with Gasteiger partial charge in [-0.2, -0.15) is 0 Å². The number of hydrogen-bond acceptors (Lipinski definition) is 4. The molecule has 1 amide bonds. The van der Waals surface area contributed by atoms with Gasteiger partial charge in [-0.3, -0.25) is 9.69 Å². The second-order valence-corrected chi connectivity index (χ2v) is 6.62. The number of fused-ring (bicyclic) bond motifs is 2. The Hall–Kier alpha value is -3.73. The molecule has 0 radical (unpaired) electrons. The summed E-state index contributed by atoms with van der Waals surface area (Å²) in [6.45, 7) is 0.200. The molecule has 0 aliphatic carbocycles. The van der Waals surface area contributed by atoms with Crippen LogP contribution >= 0.6 is 0 Å². The maximum atomic E-state index is 13.3. The molecule has 2 heterocycles. The summed E-state index contributed by atoms with van der Waals surface area (Å²) in [7, 11) is 0. The highest BCUT2D eigenvalue weighted by Crippen LogP contribution is 2.38. The molecule has 3 aromatic rings. The quantitative estimate of drug-likeness (QED) is 0.736. The maximum absolute atomic E-state index is 13.3. The van der Waals surface area contributed by atoms with Gasteiger partial charge in [0.05, 0.1) is 11.3 Å². The van der Waals surface area contributed by atoms with Gasteiger partial charge in [0, 0.05) is 11.8 Å². The molecule has 5 rings (SSSR count). The first-order valence-electron chi connectivity index (χ1n) is 9.12. The highest BCUT2D eigenvalue weighted by Gasteiger charge is 2.32. The lowest BCUT2D eigenvalue weighted by Gasteiger charge is -2.36. The third kappa shape index (κ3) is 2.87. The number of para-hydroxylation sites is 1. The van der Waals surface area contributed by atoms with Crippen molar-refractivity contribution in [3.05, 3.63) is 90.0 Å². The molecule has 0 unspecified atom stereocenters. The largest absolute Gasteiger partial charge is 0.454 e. The van der Waals surface area contributed by atoms with E-state index in [1.54, 1.807) is 4.90 Å². The van der Waals surface area contributed by atoms with Gasteiger partial charge in [0.15, 0.2) is 11.5 Å². The van der Waals surface area contributed by atoms with E-state index in [0.717, 1.165) is 16.9 Å². The molecule has 5 nitrogen and oxygen atoms in total. The second-order valence-electron chi connectivity index (χ2n) is 6.62. The zero-order valence-corrected chi connectivity index (χ0v) is 15.0. The van der Waals surface area contributed by atoms with Crippen molar-refractivity contribution >= 4 is 23.4 Å². The van der Waals surface area contributed by atoms with Crippen LogP contribution in [0.4, 0.5) is 11.4 Å². The molecule has 0 spiro atoms. The van der Waals surface area contributed by atoms with Gasteiger partial charge < -0.3 is 14.8 Å². The Bertz CT molecular complexity index is 1060. The molecule has 0 saturated heterocycles. The first-order chi connectivity index (χ1) is 13.8. The van der Waals surface area contributed by atoms with Crippen LogP contribution in [-0.2, 0) is 0 Å². The molecule has 1 N–H and O–H groups in total. The first kappa shape index (κ1) is 16.4. The Kier molecular flexibility index (Phi) is 3.98. The van der Waals surface area contributed by atoms with Crippen LogP contribution in [0.25, 0.3) is 6.08 Å². The number of hydrogen-bond donors (Lipinski definition) is 1. The van der Waals surface area contributed by atoms with Gasteiger partial charge in [-0.15, -0.1) is 0 Å². The highest BCUT2D eigenvalue weighted by molar-refractivity contribution is 6.12. The molecule has 138 valence electrons. The molecule has 5 heteroatoms. The van der Waals surface area contributed by atoms with Gasteiger partial charge in [0.1, 0.15) is 6.17 Å². The molecule has 3 aromatic carbocycles. The van der Waals surface area contributed by atoms with Crippen LogP contribution in [0.3, 0.4) is 0 Å². The van der Waals surface area contributed by atoms with Crippen LogP contribution in [0.15, 0.2) is 78.9 Å². The van der Waals surface area contributed by atoms with Crippen LogP contribution in [0, 0.1) is 0 Å². The molecule has 1 atom stereocenters. The predicted molar refractivity (Wildman–Crippen MR) is 109 cm³/mol. The van der Waals surface area contributed by atoms with Gasteiger partial charge in [-0.05, 0) is 35.9 Å². The zero-order chi connectivity index (χ0) is 18.9. The summed E-state index contributed by atoms with van der Waals surface area (Å²) in [5, 5.41) is 3.46. The third-order valence-electron chi connectivity index (χ3n) is 4.86. The van der Waals surface area contributed by atoms with Crippen LogP contribution in [-0.4, -0.2) is 18.9 Å². The number of nitrogens with one attached hydrogen (secondary N) is 1. The lowest BCUT2D eigenvalue weighted by molar-refractivity contribution is 0.0980. The van der Waals surface area contributed by atoms with Gasteiger partial charge in [-0.25, -0.2) is 0 Å². The molecule has 2 aliphatic rings. The van der Waals surface area contributed by atoms with Crippen LogP contribution < -0.4 is 19.7 Å². The summed E-state index contributed by atoms with van der Waals surface area (Å²) in [5.41, 5.74) is 3.29. The fourth-order valence-electron chi connectivity index (χ4n) is 3.49. The molecule has 2 aliphatic heterocycles. The summed E-state index contributed by atoms with van der Waals surface area (Å²) in [6, 6.07) is 23.1. The SMILES string of the molecule is O=C1c2ccccc2N[C@H](/C=C/c2ccccc2)N1c1ccc2c(c1)OCO2. The van der Waals surface area contributed by atoms with E-state index in [1.165, 1.54) is 0 Å². The highest BCUT2D eigenvalue weighted by atomic mass is 16.7. The lowest BCUT2D eigenvalue weighted by Crippen LogP contribution is -2.48. The summed E-state index contributed by atoms with van der Waals surface area (Å²) in [4.78, 5) is 15.1. The predicted octanol–water partition coefficient (Wildman–Crippen LogP) is 4.53. The summed E-state index contributed by atoms with van der Waals surface area (Å²) >= 11 is 0. The van der Waals surface area contributed by atoms with Crippen molar-refractivity contribution < 1.29 is 14.3 Å². The van der Waals surface area contributed by atoms with Crippen molar-refractivity contribution in [1.29, 1.82) is 0 Å². The van der Waals surface area contributed by atoms with Crippen molar-refractivity contribution in [3.8, 4) is 11.5 Å². The average Bonchev–Trinajstić information content (AvgIpc) is 3.21. The molecule has 0 fully saturated rings. The lowest BCUT2D eigenvalue weighted by atomic mass is 10.1. The Morgan fingerprint density at radius 2 is 1.71 bits per heavy atom. The smallest absolute Gasteiger partial charge is 0.262 e. The van der Waals surface area contributed by atoms with Gasteiger partial charge >= 0.3 is 0 Å². The normalized spacial score (nSPS) is 17.5. The summed E-state index contributed by atoms with van der Waals surface area (Å²) in [5.74, 6) is 1.28. The van der Waals surface area contributed by atoms with Crippen molar-refractivity contribution in [2.75, 3.05) is 17.0 Å². The van der Waals surface area contributed by atoms with Crippen molar-refractivity contribution in [2.45, 2.75) is 6.17 Å². The van der Waals surface area contributed by atoms with Gasteiger partial charge in [0.2, 0.25) is 6.79 Å². The first-order valence-corrected chi connectivity index (χ1v) is 9.12.